The van der Waals surface area contributed by atoms with Crippen LogP contribution in [-0.2, 0) is 0 Å². The highest BCUT2D eigenvalue weighted by atomic mass is 16.5. The predicted octanol–water partition coefficient (Wildman–Crippen LogP) is 3.53. The SMILES string of the molecule is Nc1onc(-c2cccc3ccccc23)c1-c1ccncn1. The highest BCUT2D eigenvalue weighted by molar-refractivity contribution is 6.00. The fourth-order valence-electron chi connectivity index (χ4n) is 2.60. The number of aromatic nitrogens is 3. The fourth-order valence-corrected chi connectivity index (χ4v) is 2.60. The maximum atomic E-state index is 5.97. The Morgan fingerprint density at radius 3 is 2.68 bits per heavy atom. The number of hydrogen-bond acceptors (Lipinski definition) is 5. The zero-order chi connectivity index (χ0) is 14.9. The normalized spacial score (nSPS) is 10.9. The molecule has 22 heavy (non-hydrogen) atoms. The molecule has 2 aromatic carbocycles. The van der Waals surface area contributed by atoms with Gasteiger partial charge in [0.2, 0.25) is 5.88 Å². The summed E-state index contributed by atoms with van der Waals surface area (Å²) in [6.07, 6.45) is 3.15. The van der Waals surface area contributed by atoms with Crippen molar-refractivity contribution in [3.05, 3.63) is 61.1 Å². The van der Waals surface area contributed by atoms with Gasteiger partial charge in [-0.2, -0.15) is 0 Å². The van der Waals surface area contributed by atoms with Crippen molar-refractivity contribution in [2.45, 2.75) is 0 Å². The van der Waals surface area contributed by atoms with E-state index in [-0.39, 0.29) is 5.88 Å². The van der Waals surface area contributed by atoms with Gasteiger partial charge >= 0.3 is 0 Å². The number of fused-ring (bicyclic) bond motifs is 1. The van der Waals surface area contributed by atoms with E-state index in [1.165, 1.54) is 6.33 Å². The zero-order valence-electron chi connectivity index (χ0n) is 11.6. The summed E-state index contributed by atoms with van der Waals surface area (Å²) in [7, 11) is 0. The van der Waals surface area contributed by atoms with Crippen LogP contribution >= 0.6 is 0 Å². The van der Waals surface area contributed by atoms with Crippen molar-refractivity contribution in [3.63, 3.8) is 0 Å². The number of nitrogens with zero attached hydrogens (tertiary/aromatic N) is 3. The van der Waals surface area contributed by atoms with Gasteiger partial charge in [-0.25, -0.2) is 9.97 Å². The van der Waals surface area contributed by atoms with E-state index < -0.39 is 0 Å². The zero-order valence-corrected chi connectivity index (χ0v) is 11.6. The Bertz CT molecular complexity index is 942. The van der Waals surface area contributed by atoms with Crippen LogP contribution in [0.5, 0.6) is 0 Å². The fraction of sp³-hybridized carbons (Fsp3) is 0. The first kappa shape index (κ1) is 12.5. The van der Waals surface area contributed by atoms with Gasteiger partial charge in [0.05, 0.1) is 11.3 Å². The first-order chi connectivity index (χ1) is 10.8. The standard InChI is InChI=1S/C17H12N4O/c18-17-15(14-8-9-19-10-20-14)16(21-22-17)13-7-3-5-11-4-1-2-6-12(11)13/h1-10H,18H2. The van der Waals surface area contributed by atoms with Crippen molar-refractivity contribution in [2.75, 3.05) is 5.73 Å². The van der Waals surface area contributed by atoms with Crippen LogP contribution in [0.4, 0.5) is 5.88 Å². The molecule has 4 aromatic rings. The summed E-state index contributed by atoms with van der Waals surface area (Å²) in [6.45, 7) is 0. The smallest absolute Gasteiger partial charge is 0.232 e. The molecule has 0 saturated carbocycles. The van der Waals surface area contributed by atoms with E-state index in [2.05, 4.69) is 33.3 Å². The van der Waals surface area contributed by atoms with Gasteiger partial charge in [0, 0.05) is 11.8 Å². The van der Waals surface area contributed by atoms with E-state index in [0.717, 1.165) is 16.3 Å². The number of benzene rings is 2. The summed E-state index contributed by atoms with van der Waals surface area (Å²) in [5, 5.41) is 6.38. The van der Waals surface area contributed by atoms with E-state index in [1.54, 1.807) is 12.3 Å². The molecule has 2 N–H and O–H groups in total. The maximum Gasteiger partial charge on any atom is 0.232 e. The Morgan fingerprint density at radius 1 is 0.955 bits per heavy atom. The molecule has 5 nitrogen and oxygen atoms in total. The van der Waals surface area contributed by atoms with E-state index in [0.29, 0.717) is 17.0 Å². The third-order valence-corrected chi connectivity index (χ3v) is 3.60. The summed E-state index contributed by atoms with van der Waals surface area (Å²) in [4.78, 5) is 8.19. The summed E-state index contributed by atoms with van der Waals surface area (Å²) in [5.41, 5.74) is 9.00. The van der Waals surface area contributed by atoms with E-state index in [9.17, 15) is 0 Å². The summed E-state index contributed by atoms with van der Waals surface area (Å²) < 4.78 is 5.22. The highest BCUT2D eigenvalue weighted by Gasteiger charge is 2.19. The second-order valence-electron chi connectivity index (χ2n) is 4.89. The monoisotopic (exact) mass is 288 g/mol. The van der Waals surface area contributed by atoms with Crippen molar-refractivity contribution in [1.82, 2.24) is 15.1 Å². The van der Waals surface area contributed by atoms with Crippen molar-refractivity contribution in [1.29, 1.82) is 0 Å². The average Bonchev–Trinajstić information content (AvgIpc) is 2.96. The minimum absolute atomic E-state index is 0.252. The lowest BCUT2D eigenvalue weighted by Crippen LogP contribution is -1.91. The van der Waals surface area contributed by atoms with Crippen molar-refractivity contribution in [3.8, 4) is 22.5 Å². The number of nitrogen functional groups attached to an aromatic ring is 1. The Balaban J connectivity index is 2.01. The van der Waals surface area contributed by atoms with Crippen LogP contribution in [0.2, 0.25) is 0 Å². The average molecular weight is 288 g/mol. The van der Waals surface area contributed by atoms with Crippen molar-refractivity contribution >= 4 is 16.7 Å². The van der Waals surface area contributed by atoms with Crippen LogP contribution in [-0.4, -0.2) is 15.1 Å². The summed E-state index contributed by atoms with van der Waals surface area (Å²) >= 11 is 0. The first-order valence-electron chi connectivity index (χ1n) is 6.84. The van der Waals surface area contributed by atoms with Gasteiger partial charge in [0.25, 0.3) is 0 Å². The number of hydrogen-bond donors (Lipinski definition) is 1. The molecule has 0 saturated heterocycles. The molecule has 0 radical (unpaired) electrons. The molecule has 0 spiro atoms. The summed E-state index contributed by atoms with van der Waals surface area (Å²) in [6, 6.07) is 16.0. The molecule has 5 heteroatoms. The van der Waals surface area contributed by atoms with Gasteiger partial charge in [-0.1, -0.05) is 47.6 Å². The minimum Gasteiger partial charge on any atom is -0.367 e. The van der Waals surface area contributed by atoms with Gasteiger partial charge in [-0.3, -0.25) is 0 Å². The molecular formula is C17H12N4O. The molecule has 0 aliphatic carbocycles. The van der Waals surface area contributed by atoms with Crippen molar-refractivity contribution < 1.29 is 4.52 Å². The molecule has 0 atom stereocenters. The number of nitrogens with two attached hydrogens (primary N) is 1. The molecule has 0 aliphatic rings. The van der Waals surface area contributed by atoms with Gasteiger partial charge in [-0.15, -0.1) is 0 Å². The van der Waals surface area contributed by atoms with Gasteiger partial charge in [0.1, 0.15) is 12.0 Å². The molecule has 4 rings (SSSR count). The second-order valence-corrected chi connectivity index (χ2v) is 4.89. The lowest BCUT2D eigenvalue weighted by Gasteiger charge is -2.05. The Kier molecular flexibility index (Phi) is 2.83. The molecule has 2 heterocycles. The topological polar surface area (TPSA) is 77.8 Å². The van der Waals surface area contributed by atoms with Crippen LogP contribution < -0.4 is 5.73 Å². The predicted molar refractivity (Wildman–Crippen MR) is 84.9 cm³/mol. The molecule has 2 aromatic heterocycles. The van der Waals surface area contributed by atoms with E-state index >= 15 is 0 Å². The van der Waals surface area contributed by atoms with E-state index in [4.69, 9.17) is 10.3 Å². The molecule has 106 valence electrons. The van der Waals surface area contributed by atoms with Crippen LogP contribution in [0, 0.1) is 0 Å². The van der Waals surface area contributed by atoms with Crippen LogP contribution in [0.15, 0.2) is 65.6 Å². The van der Waals surface area contributed by atoms with Gasteiger partial charge in [0.15, 0.2) is 0 Å². The molecule has 0 amide bonds. The third-order valence-electron chi connectivity index (χ3n) is 3.60. The van der Waals surface area contributed by atoms with Gasteiger partial charge in [-0.05, 0) is 16.8 Å². The second kappa shape index (κ2) is 4.96. The highest BCUT2D eigenvalue weighted by Crippen LogP contribution is 2.37. The molecule has 0 bridgehead atoms. The molecule has 0 fully saturated rings. The quantitative estimate of drug-likeness (QED) is 0.610. The lowest BCUT2D eigenvalue weighted by molar-refractivity contribution is 0.439. The lowest BCUT2D eigenvalue weighted by atomic mass is 9.98. The molecule has 0 aliphatic heterocycles. The largest absolute Gasteiger partial charge is 0.367 e. The van der Waals surface area contributed by atoms with Crippen LogP contribution in [0.25, 0.3) is 33.3 Å². The molecular weight excluding hydrogens is 276 g/mol. The summed E-state index contributed by atoms with van der Waals surface area (Å²) in [5.74, 6) is 0.252. The Labute approximate surface area is 126 Å². The first-order valence-corrected chi connectivity index (χ1v) is 6.84. The Morgan fingerprint density at radius 2 is 1.82 bits per heavy atom. The van der Waals surface area contributed by atoms with Crippen LogP contribution in [0.3, 0.4) is 0 Å². The Hall–Kier alpha value is -3.21. The number of anilines is 1. The molecule has 0 unspecified atom stereocenters. The van der Waals surface area contributed by atoms with E-state index in [1.807, 2.05) is 24.3 Å². The van der Waals surface area contributed by atoms with Gasteiger partial charge < -0.3 is 10.3 Å². The van der Waals surface area contributed by atoms with Crippen molar-refractivity contribution in [2.24, 2.45) is 0 Å². The van der Waals surface area contributed by atoms with Crippen LogP contribution in [0.1, 0.15) is 0 Å². The minimum atomic E-state index is 0.252. The third kappa shape index (κ3) is 1.91. The number of rotatable bonds is 2. The maximum absolute atomic E-state index is 5.97.